The van der Waals surface area contributed by atoms with E-state index in [1.807, 2.05) is 30.6 Å². The van der Waals surface area contributed by atoms with Crippen LogP contribution in [-0.4, -0.2) is 108 Å². The zero-order valence-corrected chi connectivity index (χ0v) is 35.2. The summed E-state index contributed by atoms with van der Waals surface area (Å²) < 4.78 is 22.1. The fraction of sp³-hybridized carbons (Fsp3) is 0.533. The third kappa shape index (κ3) is 11.7. The summed E-state index contributed by atoms with van der Waals surface area (Å²) >= 11 is 0. The molecule has 2 N–H and O–H groups in total. The third-order valence-electron chi connectivity index (χ3n) is 11.6. The Morgan fingerprint density at radius 1 is 0.847 bits per heavy atom. The number of aryl methyl sites for hydroxylation is 1. The summed E-state index contributed by atoms with van der Waals surface area (Å²) in [6, 6.07) is 9.73. The first kappa shape index (κ1) is 43.7. The average molecular weight is 812 g/mol. The smallest absolute Gasteiger partial charge is 0.260 e. The molecule has 14 nitrogen and oxygen atoms in total. The van der Waals surface area contributed by atoms with Crippen LogP contribution in [0.15, 0.2) is 64.7 Å². The maximum absolute atomic E-state index is 13.3. The van der Waals surface area contributed by atoms with Crippen LogP contribution in [0.2, 0.25) is 0 Å². The Hall–Kier alpha value is -4.89. The maximum atomic E-state index is 13.3. The number of benzene rings is 1. The topological polar surface area (TPSA) is 149 Å². The Morgan fingerprint density at radius 3 is 2.17 bits per heavy atom. The Labute approximate surface area is 346 Å². The lowest BCUT2D eigenvalue weighted by Crippen LogP contribution is -2.43. The van der Waals surface area contributed by atoms with Gasteiger partial charge in [0.25, 0.3) is 11.1 Å². The van der Waals surface area contributed by atoms with Gasteiger partial charge in [0.1, 0.15) is 11.5 Å². The number of hydrogen-bond donors (Lipinski definition) is 2. The number of nitrogens with one attached hydrogen (secondary N) is 2. The van der Waals surface area contributed by atoms with Crippen LogP contribution in [0.4, 0.5) is 0 Å². The van der Waals surface area contributed by atoms with Crippen molar-refractivity contribution in [2.75, 3.05) is 60.0 Å². The van der Waals surface area contributed by atoms with Crippen LogP contribution < -0.4 is 31.2 Å². The molecule has 0 aliphatic carbocycles. The van der Waals surface area contributed by atoms with E-state index in [0.29, 0.717) is 37.1 Å². The van der Waals surface area contributed by atoms with E-state index in [1.165, 1.54) is 6.92 Å². The van der Waals surface area contributed by atoms with Crippen LogP contribution in [0.1, 0.15) is 69.9 Å². The number of piperidine rings is 2. The highest BCUT2D eigenvalue weighted by molar-refractivity contribution is 5.96. The number of nitrogens with zero attached hydrogens (tertiary/aromatic N) is 5. The van der Waals surface area contributed by atoms with Gasteiger partial charge in [0.2, 0.25) is 11.8 Å². The lowest BCUT2D eigenvalue weighted by atomic mass is 9.97. The first-order valence-electron chi connectivity index (χ1n) is 21.2. The molecule has 59 heavy (non-hydrogen) atoms. The first-order valence-corrected chi connectivity index (χ1v) is 21.2. The highest BCUT2D eigenvalue weighted by atomic mass is 16.5. The van der Waals surface area contributed by atoms with Gasteiger partial charge >= 0.3 is 0 Å². The lowest BCUT2D eigenvalue weighted by Gasteiger charge is -2.37. The summed E-state index contributed by atoms with van der Waals surface area (Å²) in [7, 11) is 3.40. The minimum Gasteiger partial charge on any atom is -0.496 e. The van der Waals surface area contributed by atoms with E-state index in [2.05, 4.69) is 44.5 Å². The van der Waals surface area contributed by atoms with Gasteiger partial charge in [0.15, 0.2) is 0 Å². The van der Waals surface area contributed by atoms with Crippen molar-refractivity contribution < 1.29 is 23.8 Å². The number of likely N-dealkylation sites (tertiary alicyclic amines) is 2. The SMILES string of the molecule is CCCCn1cc(-c2cc(OC)c(CCN3CCC(OC4CCN(CCn5cccc(CNCCC(=O)NC(C)=O)c5=O)CC4)CC3)c(OC)c2)c2ccncc2c1=O. The lowest BCUT2D eigenvalue weighted by molar-refractivity contribution is -0.129. The number of carbonyl (C=O) groups is 2. The zero-order valence-electron chi connectivity index (χ0n) is 35.2. The van der Waals surface area contributed by atoms with Crippen molar-refractivity contribution in [3.63, 3.8) is 0 Å². The van der Waals surface area contributed by atoms with Gasteiger partial charge in [-0.25, -0.2) is 0 Å². The van der Waals surface area contributed by atoms with Crippen LogP contribution in [-0.2, 0) is 40.4 Å². The molecule has 0 saturated carbocycles. The number of ether oxygens (including phenoxy) is 3. The largest absolute Gasteiger partial charge is 0.496 e. The first-order chi connectivity index (χ1) is 28.7. The zero-order chi connectivity index (χ0) is 41.7. The molecule has 2 amide bonds. The van der Waals surface area contributed by atoms with E-state index in [4.69, 9.17) is 14.2 Å². The van der Waals surface area contributed by atoms with Gasteiger partial charge in [-0.05, 0) is 73.7 Å². The molecule has 6 rings (SSSR count). The summed E-state index contributed by atoms with van der Waals surface area (Å²) in [5.74, 6) is 0.841. The average Bonchev–Trinajstić information content (AvgIpc) is 3.24. The van der Waals surface area contributed by atoms with Gasteiger partial charge < -0.3 is 38.5 Å². The number of methoxy groups -OCH3 is 2. The van der Waals surface area contributed by atoms with Crippen molar-refractivity contribution in [1.29, 1.82) is 0 Å². The molecule has 4 aromatic rings. The minimum atomic E-state index is -0.375. The fourth-order valence-electron chi connectivity index (χ4n) is 8.26. The molecular formula is C45H61N7O7. The molecule has 2 aliphatic rings. The summed E-state index contributed by atoms with van der Waals surface area (Å²) in [6.45, 7) is 11.0. The molecule has 5 heterocycles. The molecule has 1 aromatic carbocycles. The van der Waals surface area contributed by atoms with Crippen molar-refractivity contribution in [1.82, 2.24) is 34.6 Å². The Kier molecular flexibility index (Phi) is 15.8. The Balaban J connectivity index is 0.950. The third-order valence-corrected chi connectivity index (χ3v) is 11.6. The van der Waals surface area contributed by atoms with Gasteiger partial charge in [-0.2, -0.15) is 0 Å². The second kappa shape index (κ2) is 21.4. The maximum Gasteiger partial charge on any atom is 0.260 e. The number of carbonyl (C=O) groups excluding carboxylic acids is 2. The number of aromatic nitrogens is 3. The Morgan fingerprint density at radius 2 is 1.53 bits per heavy atom. The van der Waals surface area contributed by atoms with Crippen molar-refractivity contribution in [2.24, 2.45) is 0 Å². The second-order valence-electron chi connectivity index (χ2n) is 15.7. The quantitative estimate of drug-likeness (QED) is 0.130. The highest BCUT2D eigenvalue weighted by Gasteiger charge is 2.27. The van der Waals surface area contributed by atoms with Crippen molar-refractivity contribution >= 4 is 22.6 Å². The molecule has 0 atom stereocenters. The van der Waals surface area contributed by atoms with Crippen molar-refractivity contribution in [3.8, 4) is 22.6 Å². The number of pyridine rings is 3. The molecule has 2 fully saturated rings. The standard InChI is InChI=1S/C45H61N7O7/c1-5-6-18-52-31-40(37-9-16-47-30-39(37)45(52)56)34-27-41(57-3)38(42(28-34)58-4)15-24-49-20-11-35(12-21-49)59-36-13-22-50(23-14-36)25-26-51-19-7-8-33(44(51)55)29-46-17-10-43(54)48-32(2)53/h7-9,16,19,27-28,30-31,35-36,46H,5-6,10-15,17-18,20-26,29H2,1-4H3,(H,48,53,54). The number of unbranched alkanes of at least 4 members (excludes halogenated alkanes) is 1. The van der Waals surface area contributed by atoms with E-state index < -0.39 is 0 Å². The fourth-order valence-corrected chi connectivity index (χ4v) is 8.26. The number of amides is 2. The monoisotopic (exact) mass is 811 g/mol. The summed E-state index contributed by atoms with van der Waals surface area (Å²) in [5.41, 5.74) is 3.53. The molecule has 0 unspecified atom stereocenters. The van der Waals surface area contributed by atoms with Gasteiger partial charge in [-0.1, -0.05) is 19.4 Å². The van der Waals surface area contributed by atoms with Gasteiger partial charge in [0.05, 0.1) is 31.8 Å². The van der Waals surface area contributed by atoms with Crippen LogP contribution >= 0.6 is 0 Å². The minimum absolute atomic E-state index is 0.0217. The van der Waals surface area contributed by atoms with E-state index >= 15 is 0 Å². The van der Waals surface area contributed by atoms with Crippen molar-refractivity contribution in [3.05, 3.63) is 87.0 Å². The molecular weight excluding hydrogens is 751 g/mol. The highest BCUT2D eigenvalue weighted by Crippen LogP contribution is 2.38. The normalized spacial score (nSPS) is 15.7. The molecule has 3 aromatic heterocycles. The number of rotatable bonds is 19. The predicted molar refractivity (Wildman–Crippen MR) is 229 cm³/mol. The molecule has 0 spiro atoms. The summed E-state index contributed by atoms with van der Waals surface area (Å²) in [6.07, 6.45) is 14.5. The van der Waals surface area contributed by atoms with E-state index in [-0.39, 0.29) is 41.6 Å². The van der Waals surface area contributed by atoms with Crippen molar-refractivity contribution in [2.45, 2.75) is 97.1 Å². The van der Waals surface area contributed by atoms with Gasteiger partial charge in [-0.3, -0.25) is 29.5 Å². The van der Waals surface area contributed by atoms with Gasteiger partial charge in [0, 0.05) is 120 Å². The number of hydrogen-bond acceptors (Lipinski definition) is 11. The summed E-state index contributed by atoms with van der Waals surface area (Å²) in [4.78, 5) is 58.2. The molecule has 2 aliphatic heterocycles. The predicted octanol–water partition coefficient (Wildman–Crippen LogP) is 4.37. The molecule has 0 bridgehead atoms. The van der Waals surface area contributed by atoms with Crippen LogP contribution in [0.3, 0.4) is 0 Å². The van der Waals surface area contributed by atoms with E-state index in [9.17, 15) is 19.2 Å². The van der Waals surface area contributed by atoms with Gasteiger partial charge in [-0.15, -0.1) is 0 Å². The van der Waals surface area contributed by atoms with Crippen LogP contribution in [0, 0.1) is 0 Å². The van der Waals surface area contributed by atoms with Crippen LogP contribution in [0.25, 0.3) is 21.9 Å². The van der Waals surface area contributed by atoms with E-state index in [0.717, 1.165) is 118 Å². The Bertz CT molecular complexity index is 2130. The summed E-state index contributed by atoms with van der Waals surface area (Å²) in [5, 5.41) is 6.85. The molecule has 0 radical (unpaired) electrons. The molecule has 2 saturated heterocycles. The molecule has 14 heteroatoms. The van der Waals surface area contributed by atoms with Crippen LogP contribution in [0.5, 0.6) is 11.5 Å². The van der Waals surface area contributed by atoms with E-state index in [1.54, 1.807) is 35.7 Å². The molecule has 318 valence electrons. The second-order valence-corrected chi connectivity index (χ2v) is 15.7. The number of fused-ring (bicyclic) bond motifs is 1. The number of imide groups is 1.